The van der Waals surface area contributed by atoms with Gasteiger partial charge in [-0.3, -0.25) is 9.13 Å². The van der Waals surface area contributed by atoms with E-state index in [1.165, 1.54) is 32.1 Å². The summed E-state index contributed by atoms with van der Waals surface area (Å²) in [5, 5.41) is 9.88. The Morgan fingerprint density at radius 2 is 1.76 bits per heavy atom. The van der Waals surface area contributed by atoms with Crippen molar-refractivity contribution in [2.24, 2.45) is 5.92 Å². The molecule has 4 rings (SSSR count). The Morgan fingerprint density at radius 1 is 1.03 bits per heavy atom. The molecule has 1 aromatic heterocycles. The van der Waals surface area contributed by atoms with Gasteiger partial charge >= 0.3 is 11.7 Å². The fourth-order valence-electron chi connectivity index (χ4n) is 5.44. The van der Waals surface area contributed by atoms with Gasteiger partial charge in [0.15, 0.2) is 0 Å². The molecule has 0 bridgehead atoms. The van der Waals surface area contributed by atoms with Crippen LogP contribution < -0.4 is 5.69 Å². The van der Waals surface area contributed by atoms with Gasteiger partial charge in [-0.1, -0.05) is 87.9 Å². The lowest BCUT2D eigenvalue weighted by Gasteiger charge is -2.21. The second-order valence-corrected chi connectivity index (χ2v) is 9.65. The first-order chi connectivity index (χ1) is 16.5. The number of carbonyl (C=O) groups is 1. The first-order valence-electron chi connectivity index (χ1n) is 12.7. The minimum absolute atomic E-state index is 0.0285. The van der Waals surface area contributed by atoms with Crippen molar-refractivity contribution < 1.29 is 9.90 Å². The summed E-state index contributed by atoms with van der Waals surface area (Å²) in [5.74, 6) is -0.232. The molecule has 0 atom stereocenters. The molecule has 1 N–H and O–H groups in total. The lowest BCUT2D eigenvalue weighted by molar-refractivity contribution is 0.0697. The van der Waals surface area contributed by atoms with Gasteiger partial charge in [0.2, 0.25) is 0 Å². The van der Waals surface area contributed by atoms with Gasteiger partial charge in [-0.25, -0.2) is 9.59 Å². The van der Waals surface area contributed by atoms with Crippen LogP contribution in [0.4, 0.5) is 0 Å². The smallest absolute Gasteiger partial charge is 0.336 e. The Morgan fingerprint density at radius 3 is 2.44 bits per heavy atom. The molecule has 0 amide bonds. The van der Waals surface area contributed by atoms with Gasteiger partial charge in [-0.05, 0) is 48.4 Å². The van der Waals surface area contributed by atoms with E-state index in [4.69, 9.17) is 0 Å². The third-order valence-electron chi connectivity index (χ3n) is 7.32. The van der Waals surface area contributed by atoms with Gasteiger partial charge in [0.05, 0.1) is 12.1 Å². The van der Waals surface area contributed by atoms with Crippen LogP contribution >= 0.6 is 0 Å². The highest BCUT2D eigenvalue weighted by atomic mass is 16.4. The highest BCUT2D eigenvalue weighted by molar-refractivity contribution is 5.96. The lowest BCUT2D eigenvalue weighted by atomic mass is 9.87. The zero-order valence-electron chi connectivity index (χ0n) is 20.4. The maximum absolute atomic E-state index is 13.5. The number of hydrogen-bond donors (Lipinski definition) is 1. The van der Waals surface area contributed by atoms with E-state index in [9.17, 15) is 14.7 Å². The average Bonchev–Trinajstić information content (AvgIpc) is 3.07. The fourth-order valence-corrected chi connectivity index (χ4v) is 5.44. The van der Waals surface area contributed by atoms with Gasteiger partial charge in [-0.2, -0.15) is 0 Å². The van der Waals surface area contributed by atoms with Crippen LogP contribution in [0.15, 0.2) is 53.3 Å². The SMILES string of the molecule is CCCc1c(C)n(CCC2CCCCC2)c(=O)n1Cc1ccc(-c2ccccc2)c(C(=O)O)c1. The van der Waals surface area contributed by atoms with Gasteiger partial charge in [-0.15, -0.1) is 0 Å². The van der Waals surface area contributed by atoms with E-state index in [0.29, 0.717) is 12.1 Å². The van der Waals surface area contributed by atoms with Crippen molar-refractivity contribution in [3.8, 4) is 11.1 Å². The summed E-state index contributed by atoms with van der Waals surface area (Å²) in [5.41, 5.74) is 4.82. The van der Waals surface area contributed by atoms with Crippen LogP contribution in [0, 0.1) is 12.8 Å². The molecule has 5 heteroatoms. The minimum Gasteiger partial charge on any atom is -0.478 e. The molecule has 180 valence electrons. The number of benzene rings is 2. The quantitative estimate of drug-likeness (QED) is 0.408. The summed E-state index contributed by atoms with van der Waals surface area (Å²) >= 11 is 0. The summed E-state index contributed by atoms with van der Waals surface area (Å²) in [6.07, 6.45) is 9.38. The molecule has 1 aliphatic carbocycles. The first kappa shape index (κ1) is 24.1. The van der Waals surface area contributed by atoms with Gasteiger partial charge in [0.1, 0.15) is 0 Å². The number of nitrogens with zero attached hydrogens (tertiary/aromatic N) is 2. The van der Waals surface area contributed by atoms with Crippen molar-refractivity contribution in [2.45, 2.75) is 78.3 Å². The van der Waals surface area contributed by atoms with Crippen molar-refractivity contribution in [1.29, 1.82) is 0 Å². The minimum atomic E-state index is -0.955. The number of aromatic nitrogens is 2. The Bertz CT molecular complexity index is 1180. The predicted molar refractivity (Wildman–Crippen MR) is 137 cm³/mol. The van der Waals surface area contributed by atoms with E-state index >= 15 is 0 Å². The summed E-state index contributed by atoms with van der Waals surface area (Å²) in [6, 6.07) is 15.1. The third kappa shape index (κ3) is 5.19. The Balaban J connectivity index is 1.64. The molecule has 0 radical (unpaired) electrons. The van der Waals surface area contributed by atoms with Crippen molar-refractivity contribution in [2.75, 3.05) is 0 Å². The van der Waals surface area contributed by atoms with E-state index in [1.807, 2.05) is 51.6 Å². The summed E-state index contributed by atoms with van der Waals surface area (Å²) in [6.45, 7) is 5.35. The van der Waals surface area contributed by atoms with E-state index in [0.717, 1.165) is 54.2 Å². The molecule has 3 aromatic rings. The molecular weight excluding hydrogens is 424 g/mol. The monoisotopic (exact) mass is 460 g/mol. The van der Waals surface area contributed by atoms with Crippen molar-refractivity contribution in [3.05, 3.63) is 81.5 Å². The second-order valence-electron chi connectivity index (χ2n) is 9.65. The van der Waals surface area contributed by atoms with Crippen LogP contribution in [0.25, 0.3) is 11.1 Å². The molecule has 1 saturated carbocycles. The molecular formula is C29H36N2O3. The lowest BCUT2D eigenvalue weighted by Crippen LogP contribution is -2.27. The van der Waals surface area contributed by atoms with E-state index in [-0.39, 0.29) is 11.3 Å². The maximum Gasteiger partial charge on any atom is 0.336 e. The van der Waals surface area contributed by atoms with Crippen LogP contribution in [0.5, 0.6) is 0 Å². The van der Waals surface area contributed by atoms with Gasteiger partial charge in [0, 0.05) is 17.9 Å². The molecule has 5 nitrogen and oxygen atoms in total. The molecule has 2 aromatic carbocycles. The molecule has 0 aliphatic heterocycles. The number of carboxylic acid groups (broad SMARTS) is 1. The largest absolute Gasteiger partial charge is 0.478 e. The third-order valence-corrected chi connectivity index (χ3v) is 7.32. The van der Waals surface area contributed by atoms with Crippen molar-refractivity contribution >= 4 is 5.97 Å². The van der Waals surface area contributed by atoms with Crippen LogP contribution in [0.3, 0.4) is 0 Å². The van der Waals surface area contributed by atoms with E-state index in [2.05, 4.69) is 13.8 Å². The van der Waals surface area contributed by atoms with Gasteiger partial charge < -0.3 is 5.11 Å². The first-order valence-corrected chi connectivity index (χ1v) is 12.7. The van der Waals surface area contributed by atoms with Crippen LogP contribution in [0.2, 0.25) is 0 Å². The number of imidazole rings is 1. The molecule has 0 unspecified atom stereocenters. The summed E-state index contributed by atoms with van der Waals surface area (Å²) in [7, 11) is 0. The summed E-state index contributed by atoms with van der Waals surface area (Å²) < 4.78 is 3.82. The van der Waals surface area contributed by atoms with Crippen LogP contribution in [0.1, 0.15) is 79.2 Å². The highest BCUT2D eigenvalue weighted by Gasteiger charge is 2.20. The molecule has 1 aliphatic rings. The summed E-state index contributed by atoms with van der Waals surface area (Å²) in [4.78, 5) is 25.5. The average molecular weight is 461 g/mol. The zero-order valence-corrected chi connectivity index (χ0v) is 20.4. The second kappa shape index (κ2) is 10.9. The zero-order chi connectivity index (χ0) is 24.1. The fraction of sp³-hybridized carbons (Fsp3) is 0.448. The molecule has 1 heterocycles. The Labute approximate surface area is 202 Å². The number of rotatable bonds is 9. The van der Waals surface area contributed by atoms with E-state index < -0.39 is 5.97 Å². The highest BCUT2D eigenvalue weighted by Crippen LogP contribution is 2.28. The molecule has 34 heavy (non-hydrogen) atoms. The number of carboxylic acids is 1. The Kier molecular flexibility index (Phi) is 7.71. The molecule has 0 saturated heterocycles. The normalized spacial score (nSPS) is 14.4. The standard InChI is InChI=1S/C29H36N2O3/c1-3-10-27-21(2)30(18-17-22-11-6-4-7-12-22)29(34)31(27)20-23-15-16-25(26(19-23)28(32)33)24-13-8-5-9-14-24/h5,8-9,13-16,19,22H,3-4,6-7,10-12,17-18,20H2,1-2H3,(H,32,33). The molecule has 0 spiro atoms. The maximum atomic E-state index is 13.5. The Hall–Kier alpha value is -3.08. The van der Waals surface area contributed by atoms with Crippen molar-refractivity contribution in [3.63, 3.8) is 0 Å². The molecule has 1 fully saturated rings. The van der Waals surface area contributed by atoms with Crippen LogP contribution in [-0.4, -0.2) is 20.2 Å². The number of aromatic carboxylic acids is 1. The van der Waals surface area contributed by atoms with Gasteiger partial charge in [0.25, 0.3) is 0 Å². The van der Waals surface area contributed by atoms with Crippen molar-refractivity contribution in [1.82, 2.24) is 9.13 Å². The van der Waals surface area contributed by atoms with Crippen LogP contribution in [-0.2, 0) is 19.5 Å². The number of hydrogen-bond acceptors (Lipinski definition) is 2. The topological polar surface area (TPSA) is 64.2 Å². The van der Waals surface area contributed by atoms with E-state index in [1.54, 1.807) is 6.07 Å². The predicted octanol–water partition coefficient (Wildman–Crippen LogP) is 6.29.